The van der Waals surface area contributed by atoms with Crippen molar-refractivity contribution >= 4 is 17.7 Å². The summed E-state index contributed by atoms with van der Waals surface area (Å²) in [6.07, 6.45) is 7.37. The van der Waals surface area contributed by atoms with E-state index >= 15 is 0 Å². The van der Waals surface area contributed by atoms with E-state index in [0.29, 0.717) is 5.82 Å². The number of nitrogens with zero attached hydrogens (tertiary/aromatic N) is 3. The van der Waals surface area contributed by atoms with Gasteiger partial charge in [0.2, 0.25) is 5.91 Å². The fraction of sp³-hybridized carbons (Fsp3) is 0.261. The van der Waals surface area contributed by atoms with Crippen LogP contribution in [0, 0.1) is 12.7 Å². The predicted molar refractivity (Wildman–Crippen MR) is 112 cm³/mol. The summed E-state index contributed by atoms with van der Waals surface area (Å²) in [7, 11) is 0. The van der Waals surface area contributed by atoms with E-state index in [9.17, 15) is 9.18 Å². The van der Waals surface area contributed by atoms with Crippen LogP contribution in [-0.2, 0) is 17.8 Å². The van der Waals surface area contributed by atoms with Crippen LogP contribution in [0.2, 0.25) is 0 Å². The van der Waals surface area contributed by atoms with Crippen molar-refractivity contribution in [1.29, 1.82) is 0 Å². The minimum Gasteiger partial charge on any atom is -0.320 e. The molecule has 1 aromatic heterocycles. The molecule has 0 unspecified atom stereocenters. The van der Waals surface area contributed by atoms with Gasteiger partial charge in [0.1, 0.15) is 11.6 Å². The molecule has 0 saturated heterocycles. The Bertz CT molecular complexity index is 1070. The van der Waals surface area contributed by atoms with E-state index in [2.05, 4.69) is 20.1 Å². The smallest absolute Gasteiger partial charge is 0.248 e. The molecule has 1 N–H and O–H groups in total. The minimum atomic E-state index is -0.485. The number of benzene rings is 2. The van der Waals surface area contributed by atoms with Gasteiger partial charge in [-0.3, -0.25) is 4.79 Å². The first kappa shape index (κ1) is 19.1. The number of hydrogen-bond acceptors (Lipinski definition) is 3. The van der Waals surface area contributed by atoms with Gasteiger partial charge in [-0.2, -0.15) is 0 Å². The van der Waals surface area contributed by atoms with Crippen LogP contribution in [0.25, 0.3) is 17.5 Å². The lowest BCUT2D eigenvalue weighted by Crippen LogP contribution is -2.10. The van der Waals surface area contributed by atoms with Gasteiger partial charge >= 0.3 is 0 Å². The van der Waals surface area contributed by atoms with Crippen molar-refractivity contribution in [3.8, 4) is 11.4 Å². The maximum atomic E-state index is 14.3. The summed E-state index contributed by atoms with van der Waals surface area (Å²) in [5, 5.41) is 11.2. The second-order valence-electron chi connectivity index (χ2n) is 7.33. The molecule has 5 nitrogen and oxygen atoms in total. The average molecular weight is 390 g/mol. The summed E-state index contributed by atoms with van der Waals surface area (Å²) in [5.74, 6) is 0.811. The number of fused-ring (bicyclic) bond motifs is 1. The van der Waals surface area contributed by atoms with Gasteiger partial charge in [-0.15, -0.1) is 10.2 Å². The third-order valence-corrected chi connectivity index (χ3v) is 5.06. The van der Waals surface area contributed by atoms with Crippen molar-refractivity contribution in [3.05, 3.63) is 71.3 Å². The van der Waals surface area contributed by atoms with Gasteiger partial charge < -0.3 is 9.88 Å². The summed E-state index contributed by atoms with van der Waals surface area (Å²) in [6, 6.07) is 12.5. The zero-order valence-corrected chi connectivity index (χ0v) is 16.4. The average Bonchev–Trinajstić information content (AvgIpc) is 2.96. The van der Waals surface area contributed by atoms with Crippen LogP contribution >= 0.6 is 0 Å². The number of halogens is 1. The van der Waals surface area contributed by atoms with Crippen molar-refractivity contribution in [2.24, 2.45) is 0 Å². The van der Waals surface area contributed by atoms with Gasteiger partial charge in [0.25, 0.3) is 0 Å². The molecule has 0 fully saturated rings. The lowest BCUT2D eigenvalue weighted by atomic mass is 10.1. The number of aryl methyl sites for hydroxylation is 2. The SMILES string of the molecule is Cc1cccc(/C=C/C(=O)Nc2cc(-c3nnc4n3CCCCC4)ccc2F)c1. The predicted octanol–water partition coefficient (Wildman–Crippen LogP) is 4.77. The van der Waals surface area contributed by atoms with Gasteiger partial charge in [0.05, 0.1) is 5.69 Å². The molecule has 148 valence electrons. The standard InChI is InChI=1S/C23H23FN4O/c1-16-6-5-7-17(14-16)9-12-22(29)25-20-15-18(10-11-19(20)24)23-27-26-21-8-3-2-4-13-28(21)23/h5-7,9-12,14-15H,2-4,8,13H2,1H3,(H,25,29)/b12-9+. The van der Waals surface area contributed by atoms with Crippen LogP contribution in [0.5, 0.6) is 0 Å². The Hall–Kier alpha value is -3.28. The van der Waals surface area contributed by atoms with Crippen molar-refractivity contribution < 1.29 is 9.18 Å². The van der Waals surface area contributed by atoms with E-state index in [1.165, 1.54) is 18.6 Å². The number of rotatable bonds is 4. The van der Waals surface area contributed by atoms with Crippen LogP contribution in [0.3, 0.4) is 0 Å². The Labute approximate surface area is 169 Å². The fourth-order valence-electron chi connectivity index (χ4n) is 3.58. The first-order valence-electron chi connectivity index (χ1n) is 9.88. The number of anilines is 1. The summed E-state index contributed by atoms with van der Waals surface area (Å²) in [5.41, 5.74) is 2.90. The molecule has 0 radical (unpaired) electrons. The minimum absolute atomic E-state index is 0.132. The Balaban J connectivity index is 1.55. The summed E-state index contributed by atoms with van der Waals surface area (Å²) < 4.78 is 16.4. The third kappa shape index (κ3) is 4.42. The van der Waals surface area contributed by atoms with Crippen LogP contribution < -0.4 is 5.32 Å². The zero-order chi connectivity index (χ0) is 20.2. The molecule has 29 heavy (non-hydrogen) atoms. The highest BCUT2D eigenvalue weighted by molar-refractivity contribution is 6.02. The largest absolute Gasteiger partial charge is 0.320 e. The maximum absolute atomic E-state index is 14.3. The van der Waals surface area contributed by atoms with E-state index in [0.717, 1.165) is 48.3 Å². The van der Waals surface area contributed by atoms with Crippen LogP contribution in [0.1, 0.15) is 36.2 Å². The molecule has 4 rings (SSSR count). The highest BCUT2D eigenvalue weighted by Gasteiger charge is 2.17. The van der Waals surface area contributed by atoms with Gasteiger partial charge in [-0.1, -0.05) is 36.2 Å². The second-order valence-corrected chi connectivity index (χ2v) is 7.33. The number of amides is 1. The molecule has 1 aliphatic heterocycles. The molecule has 0 bridgehead atoms. The van der Waals surface area contributed by atoms with E-state index in [4.69, 9.17) is 0 Å². The van der Waals surface area contributed by atoms with E-state index in [-0.39, 0.29) is 11.6 Å². The molecule has 2 heterocycles. The highest BCUT2D eigenvalue weighted by Crippen LogP contribution is 2.26. The Morgan fingerprint density at radius 2 is 2.03 bits per heavy atom. The maximum Gasteiger partial charge on any atom is 0.248 e. The second kappa shape index (κ2) is 8.39. The molecule has 0 aliphatic carbocycles. The van der Waals surface area contributed by atoms with Gasteiger partial charge in [0, 0.05) is 24.6 Å². The van der Waals surface area contributed by atoms with Crippen LogP contribution in [-0.4, -0.2) is 20.7 Å². The Morgan fingerprint density at radius 3 is 2.90 bits per heavy atom. The first-order valence-corrected chi connectivity index (χ1v) is 9.88. The molecule has 1 amide bonds. The first-order chi connectivity index (χ1) is 14.1. The summed E-state index contributed by atoms with van der Waals surface area (Å²) in [4.78, 5) is 12.3. The van der Waals surface area contributed by atoms with Crippen molar-refractivity contribution in [2.75, 3.05) is 5.32 Å². The fourth-order valence-corrected chi connectivity index (χ4v) is 3.58. The Morgan fingerprint density at radius 1 is 1.14 bits per heavy atom. The molecule has 0 atom stereocenters. The van der Waals surface area contributed by atoms with E-state index in [1.54, 1.807) is 18.2 Å². The van der Waals surface area contributed by atoms with Gasteiger partial charge in [-0.05, 0) is 49.6 Å². The lowest BCUT2D eigenvalue weighted by molar-refractivity contribution is -0.111. The number of aromatic nitrogens is 3. The molecular formula is C23H23FN4O. The highest BCUT2D eigenvalue weighted by atomic mass is 19.1. The summed E-state index contributed by atoms with van der Waals surface area (Å²) >= 11 is 0. The third-order valence-electron chi connectivity index (χ3n) is 5.06. The van der Waals surface area contributed by atoms with Crippen LogP contribution in [0.15, 0.2) is 48.5 Å². The van der Waals surface area contributed by atoms with Crippen LogP contribution in [0.4, 0.5) is 10.1 Å². The van der Waals surface area contributed by atoms with Gasteiger partial charge in [-0.25, -0.2) is 4.39 Å². The van der Waals surface area contributed by atoms with E-state index < -0.39 is 5.82 Å². The topological polar surface area (TPSA) is 59.8 Å². The number of carbonyl (C=O) groups is 1. The van der Waals surface area contributed by atoms with Gasteiger partial charge in [0.15, 0.2) is 5.82 Å². The lowest BCUT2D eigenvalue weighted by Gasteiger charge is -2.09. The van der Waals surface area contributed by atoms with Crippen molar-refractivity contribution in [2.45, 2.75) is 39.2 Å². The van der Waals surface area contributed by atoms with E-state index in [1.807, 2.05) is 31.2 Å². The molecular weight excluding hydrogens is 367 g/mol. The molecule has 2 aromatic carbocycles. The number of carbonyl (C=O) groups excluding carboxylic acids is 1. The Kier molecular flexibility index (Phi) is 5.51. The normalized spacial score (nSPS) is 13.9. The van der Waals surface area contributed by atoms with Crippen molar-refractivity contribution in [3.63, 3.8) is 0 Å². The molecule has 6 heteroatoms. The quantitative estimate of drug-likeness (QED) is 0.653. The molecule has 3 aromatic rings. The molecule has 0 saturated carbocycles. The number of nitrogens with one attached hydrogen (secondary N) is 1. The molecule has 1 aliphatic rings. The van der Waals surface area contributed by atoms with Crippen molar-refractivity contribution in [1.82, 2.24) is 14.8 Å². The monoisotopic (exact) mass is 390 g/mol. The summed E-state index contributed by atoms with van der Waals surface area (Å²) in [6.45, 7) is 2.85. The number of hydrogen-bond donors (Lipinski definition) is 1. The zero-order valence-electron chi connectivity index (χ0n) is 16.4. The molecule has 0 spiro atoms.